The zero-order valence-electron chi connectivity index (χ0n) is 20.6. The summed E-state index contributed by atoms with van der Waals surface area (Å²) in [6, 6.07) is 12.4. The lowest BCUT2D eigenvalue weighted by molar-refractivity contribution is -0.140. The molecule has 1 amide bonds. The van der Waals surface area contributed by atoms with Gasteiger partial charge < -0.3 is 19.3 Å². The van der Waals surface area contributed by atoms with Crippen molar-refractivity contribution in [2.75, 3.05) is 26.2 Å². The lowest BCUT2D eigenvalue weighted by Crippen LogP contribution is -2.33. The van der Waals surface area contributed by atoms with Gasteiger partial charge in [0.2, 0.25) is 0 Å². The number of furan rings is 1. The molecule has 1 N–H and O–H groups in total. The van der Waals surface area contributed by atoms with E-state index in [-0.39, 0.29) is 11.3 Å². The van der Waals surface area contributed by atoms with Gasteiger partial charge in [-0.25, -0.2) is 4.98 Å². The van der Waals surface area contributed by atoms with Crippen LogP contribution >= 0.6 is 11.3 Å². The van der Waals surface area contributed by atoms with Crippen molar-refractivity contribution in [1.29, 1.82) is 0 Å². The fourth-order valence-electron chi connectivity index (χ4n) is 4.46. The minimum Gasteiger partial charge on any atom is -0.505 e. The van der Waals surface area contributed by atoms with Gasteiger partial charge in [0, 0.05) is 17.0 Å². The van der Waals surface area contributed by atoms with E-state index in [1.807, 2.05) is 44.2 Å². The Bertz CT molecular complexity index is 1240. The number of benzene rings is 1. The first kappa shape index (κ1) is 24.9. The van der Waals surface area contributed by atoms with Crippen molar-refractivity contribution in [2.24, 2.45) is 0 Å². The molecule has 1 saturated heterocycles. The van der Waals surface area contributed by atoms with Crippen LogP contribution in [0.2, 0.25) is 0 Å². The first-order chi connectivity index (χ1) is 16.8. The highest BCUT2D eigenvalue weighted by Gasteiger charge is 2.47. The predicted octanol–water partition coefficient (Wildman–Crippen LogP) is 5.17. The van der Waals surface area contributed by atoms with Crippen LogP contribution in [0, 0.1) is 13.8 Å². The summed E-state index contributed by atoms with van der Waals surface area (Å²) >= 11 is 1.44. The number of carbonyl (C=O) groups is 2. The lowest BCUT2D eigenvalue weighted by Gasteiger charge is -2.25. The van der Waals surface area contributed by atoms with Crippen molar-refractivity contribution in [3.63, 3.8) is 0 Å². The van der Waals surface area contributed by atoms with Crippen LogP contribution in [-0.2, 0) is 9.59 Å². The normalized spacial score (nSPS) is 17.6. The smallest absolute Gasteiger partial charge is 0.295 e. The Hall–Kier alpha value is -3.23. The molecule has 2 aromatic heterocycles. The lowest BCUT2D eigenvalue weighted by atomic mass is 10.0. The third-order valence-electron chi connectivity index (χ3n) is 6.38. The summed E-state index contributed by atoms with van der Waals surface area (Å²) in [6.07, 6.45) is 0.707. The number of rotatable bonds is 9. The van der Waals surface area contributed by atoms with Crippen molar-refractivity contribution in [2.45, 2.75) is 40.2 Å². The Morgan fingerprint density at radius 1 is 1.11 bits per heavy atom. The van der Waals surface area contributed by atoms with Gasteiger partial charge in [0.15, 0.2) is 5.76 Å². The van der Waals surface area contributed by atoms with Crippen molar-refractivity contribution in [1.82, 2.24) is 14.8 Å². The van der Waals surface area contributed by atoms with E-state index in [1.54, 1.807) is 12.1 Å². The van der Waals surface area contributed by atoms with Crippen LogP contribution in [0.15, 0.2) is 52.5 Å². The second-order valence-electron chi connectivity index (χ2n) is 8.61. The molecule has 0 bridgehead atoms. The van der Waals surface area contributed by atoms with Crippen molar-refractivity contribution < 1.29 is 19.1 Å². The number of aryl methyl sites for hydroxylation is 2. The zero-order chi connectivity index (χ0) is 25.1. The highest BCUT2D eigenvalue weighted by molar-refractivity contribution is 7.15. The summed E-state index contributed by atoms with van der Waals surface area (Å²) in [5, 5.41) is 12.1. The molecule has 0 spiro atoms. The summed E-state index contributed by atoms with van der Waals surface area (Å²) in [7, 11) is 0. The molecule has 8 heteroatoms. The number of amides is 1. The zero-order valence-corrected chi connectivity index (χ0v) is 21.4. The van der Waals surface area contributed by atoms with Crippen LogP contribution in [-0.4, -0.2) is 57.8 Å². The molecule has 1 atom stereocenters. The van der Waals surface area contributed by atoms with E-state index in [4.69, 9.17) is 4.42 Å². The van der Waals surface area contributed by atoms with Gasteiger partial charge in [0.1, 0.15) is 28.3 Å². The third-order valence-corrected chi connectivity index (χ3v) is 7.40. The van der Waals surface area contributed by atoms with Crippen molar-refractivity contribution >= 4 is 28.8 Å². The van der Waals surface area contributed by atoms with E-state index in [1.165, 1.54) is 16.2 Å². The molecule has 184 valence electrons. The largest absolute Gasteiger partial charge is 0.505 e. The molecule has 35 heavy (non-hydrogen) atoms. The second-order valence-corrected chi connectivity index (χ2v) is 9.81. The Labute approximate surface area is 209 Å². The maximum Gasteiger partial charge on any atom is 0.295 e. The number of aliphatic hydroxyl groups excluding tert-OH is 1. The highest BCUT2D eigenvalue weighted by Crippen LogP contribution is 2.41. The van der Waals surface area contributed by atoms with Crippen LogP contribution in [0.4, 0.5) is 0 Å². The SMILES string of the molecule is CCN(CC)CCCN1C(=O)C(=O)C(=C(O)c2nc(-c3ccccc3)sc2C)[C@H]1c1ccc(C)o1. The Kier molecular flexibility index (Phi) is 7.52. The van der Waals surface area contributed by atoms with Gasteiger partial charge in [-0.1, -0.05) is 44.2 Å². The topological polar surface area (TPSA) is 86.9 Å². The minimum atomic E-state index is -0.790. The number of aliphatic hydroxyl groups is 1. The molecular weight excluding hydrogens is 462 g/mol. The van der Waals surface area contributed by atoms with Crippen LogP contribution in [0.3, 0.4) is 0 Å². The van der Waals surface area contributed by atoms with E-state index in [9.17, 15) is 14.7 Å². The quantitative estimate of drug-likeness (QED) is 0.251. The van der Waals surface area contributed by atoms with Gasteiger partial charge in [-0.2, -0.15) is 0 Å². The average molecular weight is 494 g/mol. The standard InChI is InChI=1S/C27H31N3O4S/c1-5-29(6-2)15-10-16-30-23(20-14-13-17(3)34-20)21(25(32)27(30)33)24(31)22-18(4)35-26(28-22)19-11-8-7-9-12-19/h7-9,11-14,23,31H,5-6,10,15-16H2,1-4H3/t23-/m1/s1. The van der Waals surface area contributed by atoms with Crippen molar-refractivity contribution in [3.05, 3.63) is 70.1 Å². The number of nitrogens with zero attached hydrogens (tertiary/aromatic N) is 3. The molecule has 4 rings (SSSR count). The van der Waals surface area contributed by atoms with Crippen LogP contribution in [0.25, 0.3) is 16.3 Å². The van der Waals surface area contributed by atoms with Gasteiger partial charge in [-0.05, 0) is 52.0 Å². The third kappa shape index (κ3) is 4.94. The van der Waals surface area contributed by atoms with Gasteiger partial charge in [-0.15, -0.1) is 11.3 Å². The predicted molar refractivity (Wildman–Crippen MR) is 137 cm³/mol. The number of hydrogen-bond acceptors (Lipinski definition) is 7. The minimum absolute atomic E-state index is 0.0280. The summed E-state index contributed by atoms with van der Waals surface area (Å²) in [4.78, 5) is 35.6. The van der Waals surface area contributed by atoms with Gasteiger partial charge in [0.25, 0.3) is 11.7 Å². The monoisotopic (exact) mass is 493 g/mol. The van der Waals surface area contributed by atoms with E-state index < -0.39 is 17.7 Å². The Balaban J connectivity index is 1.74. The van der Waals surface area contributed by atoms with Crippen molar-refractivity contribution in [3.8, 4) is 10.6 Å². The van der Waals surface area contributed by atoms with E-state index >= 15 is 0 Å². The number of carbonyl (C=O) groups excluding carboxylic acids is 2. The fraction of sp³-hybridized carbons (Fsp3) is 0.370. The number of hydrogen-bond donors (Lipinski definition) is 1. The van der Waals surface area contributed by atoms with Gasteiger partial charge in [-0.3, -0.25) is 9.59 Å². The maximum atomic E-state index is 13.2. The summed E-state index contributed by atoms with van der Waals surface area (Å²) in [5.74, 6) is -0.462. The summed E-state index contributed by atoms with van der Waals surface area (Å²) in [6.45, 7) is 10.9. The van der Waals surface area contributed by atoms with Gasteiger partial charge >= 0.3 is 0 Å². The molecule has 0 aliphatic carbocycles. The molecular formula is C27H31N3O4S. The van der Waals surface area contributed by atoms with Crippen LogP contribution in [0.1, 0.15) is 48.4 Å². The van der Waals surface area contributed by atoms with Crippen LogP contribution in [0.5, 0.6) is 0 Å². The molecule has 1 aromatic carbocycles. The molecule has 0 saturated carbocycles. The molecule has 1 aliphatic rings. The number of ketones is 1. The Morgan fingerprint density at radius 2 is 1.83 bits per heavy atom. The number of likely N-dealkylation sites (tertiary alicyclic amines) is 1. The summed E-state index contributed by atoms with van der Waals surface area (Å²) < 4.78 is 5.87. The summed E-state index contributed by atoms with van der Waals surface area (Å²) in [5.41, 5.74) is 1.28. The van der Waals surface area contributed by atoms with E-state index in [0.29, 0.717) is 30.2 Å². The molecule has 1 aliphatic heterocycles. The molecule has 7 nitrogen and oxygen atoms in total. The van der Waals surface area contributed by atoms with Gasteiger partial charge in [0.05, 0.1) is 5.57 Å². The maximum absolute atomic E-state index is 13.2. The number of thiazole rings is 1. The molecule has 3 heterocycles. The number of Topliss-reactive ketones (excluding diaryl/α,β-unsaturated/α-hetero) is 1. The first-order valence-electron chi connectivity index (χ1n) is 12.0. The molecule has 3 aromatic rings. The second kappa shape index (κ2) is 10.6. The van der Waals surface area contributed by atoms with Crippen LogP contribution < -0.4 is 0 Å². The van der Waals surface area contributed by atoms with E-state index in [2.05, 4.69) is 23.7 Å². The Morgan fingerprint density at radius 3 is 2.46 bits per heavy atom. The highest BCUT2D eigenvalue weighted by atomic mass is 32.1. The molecule has 0 unspecified atom stereocenters. The van der Waals surface area contributed by atoms with E-state index in [0.717, 1.165) is 35.1 Å². The first-order valence-corrected chi connectivity index (χ1v) is 12.8. The molecule has 1 fully saturated rings. The average Bonchev–Trinajstić information content (AvgIpc) is 3.54. The number of aromatic nitrogens is 1. The molecule has 0 radical (unpaired) electrons. The fourth-order valence-corrected chi connectivity index (χ4v) is 5.38.